The number of nitrogens with zero attached hydrogens (tertiary/aromatic N) is 2. The van der Waals surface area contributed by atoms with Crippen LogP contribution in [0.15, 0.2) is 23.1 Å². The van der Waals surface area contributed by atoms with E-state index in [0.717, 1.165) is 17.2 Å². The molecule has 0 unspecified atom stereocenters. The van der Waals surface area contributed by atoms with E-state index in [2.05, 4.69) is 11.0 Å². The highest BCUT2D eigenvalue weighted by Crippen LogP contribution is 2.24. The first-order valence-electron chi connectivity index (χ1n) is 5.03. The Kier molecular flexibility index (Phi) is 5.17. The highest BCUT2D eigenvalue weighted by Gasteiger charge is 2.03. The second-order valence-corrected chi connectivity index (χ2v) is 4.47. The van der Waals surface area contributed by atoms with Gasteiger partial charge in [0.05, 0.1) is 5.56 Å². The fourth-order valence-corrected chi connectivity index (χ4v) is 1.77. The largest absolute Gasteiger partial charge is 0.492 e. The van der Waals surface area contributed by atoms with Crippen LogP contribution >= 0.6 is 11.8 Å². The van der Waals surface area contributed by atoms with Gasteiger partial charge in [0.2, 0.25) is 0 Å². The second-order valence-electron chi connectivity index (χ2n) is 3.63. The average Bonchev–Trinajstić information content (AvgIpc) is 2.28. The third kappa shape index (κ3) is 3.76. The van der Waals surface area contributed by atoms with Gasteiger partial charge >= 0.3 is 0 Å². The molecule has 0 radical (unpaired) electrons. The number of hydrogen-bond donors (Lipinski definition) is 0. The van der Waals surface area contributed by atoms with Gasteiger partial charge in [-0.3, -0.25) is 0 Å². The monoisotopic (exact) mass is 236 g/mol. The number of likely N-dealkylation sites (N-methyl/N-ethyl adjacent to an activating group) is 1. The van der Waals surface area contributed by atoms with Crippen LogP contribution in [0.1, 0.15) is 5.56 Å². The zero-order valence-corrected chi connectivity index (χ0v) is 10.7. The first kappa shape index (κ1) is 12.9. The van der Waals surface area contributed by atoms with Gasteiger partial charge in [-0.2, -0.15) is 5.26 Å². The van der Waals surface area contributed by atoms with Gasteiger partial charge in [-0.1, -0.05) is 0 Å². The van der Waals surface area contributed by atoms with Crippen molar-refractivity contribution in [3.63, 3.8) is 0 Å². The summed E-state index contributed by atoms with van der Waals surface area (Å²) in [5.41, 5.74) is 0.701. The van der Waals surface area contributed by atoms with Gasteiger partial charge in [0, 0.05) is 11.4 Å². The Morgan fingerprint density at radius 2 is 2.19 bits per heavy atom. The summed E-state index contributed by atoms with van der Waals surface area (Å²) in [6.07, 6.45) is 1.96. The number of nitriles is 1. The molecular weight excluding hydrogens is 220 g/mol. The maximum Gasteiger partial charge on any atom is 0.120 e. The number of thioether (sulfide) groups is 1. The third-order valence-corrected chi connectivity index (χ3v) is 2.88. The Hall–Kier alpha value is -1.18. The molecule has 86 valence electrons. The molecule has 0 bridgehead atoms. The van der Waals surface area contributed by atoms with Crippen molar-refractivity contribution in [1.29, 1.82) is 5.26 Å². The lowest BCUT2D eigenvalue weighted by Crippen LogP contribution is -2.19. The van der Waals surface area contributed by atoms with E-state index in [4.69, 9.17) is 10.00 Å². The molecule has 16 heavy (non-hydrogen) atoms. The van der Waals surface area contributed by atoms with E-state index >= 15 is 0 Å². The minimum Gasteiger partial charge on any atom is -0.492 e. The first-order valence-corrected chi connectivity index (χ1v) is 6.25. The number of benzene rings is 1. The molecule has 1 aromatic carbocycles. The molecule has 0 saturated carbocycles. The van der Waals surface area contributed by atoms with Crippen molar-refractivity contribution in [2.45, 2.75) is 4.90 Å². The fraction of sp³-hybridized carbons (Fsp3) is 0.417. The molecule has 0 heterocycles. The van der Waals surface area contributed by atoms with Crippen LogP contribution < -0.4 is 4.74 Å². The van der Waals surface area contributed by atoms with Gasteiger partial charge in [-0.15, -0.1) is 11.8 Å². The van der Waals surface area contributed by atoms with E-state index in [9.17, 15) is 0 Å². The van der Waals surface area contributed by atoms with Crippen LogP contribution in [0.2, 0.25) is 0 Å². The normalized spacial score (nSPS) is 10.2. The summed E-state index contributed by atoms with van der Waals surface area (Å²) in [4.78, 5) is 3.03. The summed E-state index contributed by atoms with van der Waals surface area (Å²) < 4.78 is 5.59. The van der Waals surface area contributed by atoms with Crippen molar-refractivity contribution in [2.24, 2.45) is 0 Å². The molecule has 0 spiro atoms. The van der Waals surface area contributed by atoms with Crippen LogP contribution in [0, 0.1) is 11.3 Å². The van der Waals surface area contributed by atoms with Gasteiger partial charge in [0.25, 0.3) is 0 Å². The summed E-state index contributed by atoms with van der Waals surface area (Å²) in [5.74, 6) is 0.824. The summed E-state index contributed by atoms with van der Waals surface area (Å²) in [6.45, 7) is 1.54. The Balaban J connectivity index is 2.65. The first-order chi connectivity index (χ1) is 7.67. The number of ether oxygens (including phenoxy) is 1. The molecular formula is C12H16N2OS. The molecule has 0 atom stereocenters. The predicted octanol–water partition coefficient (Wildman–Crippen LogP) is 2.22. The molecule has 0 saturated heterocycles. The van der Waals surface area contributed by atoms with Crippen LogP contribution in [-0.4, -0.2) is 38.4 Å². The van der Waals surface area contributed by atoms with Crippen molar-refractivity contribution >= 4 is 11.8 Å². The van der Waals surface area contributed by atoms with Crippen LogP contribution in [0.5, 0.6) is 5.75 Å². The maximum atomic E-state index is 8.88. The zero-order chi connectivity index (χ0) is 12.0. The smallest absolute Gasteiger partial charge is 0.120 e. The topological polar surface area (TPSA) is 36.3 Å². The van der Waals surface area contributed by atoms with Crippen LogP contribution in [-0.2, 0) is 0 Å². The van der Waals surface area contributed by atoms with Gasteiger partial charge in [0.15, 0.2) is 0 Å². The summed E-state index contributed by atoms with van der Waals surface area (Å²) >= 11 is 1.56. The van der Waals surface area contributed by atoms with E-state index in [1.807, 2.05) is 32.5 Å². The maximum absolute atomic E-state index is 8.88. The number of hydrogen-bond acceptors (Lipinski definition) is 4. The van der Waals surface area contributed by atoms with Crippen molar-refractivity contribution in [3.05, 3.63) is 23.8 Å². The Bertz CT molecular complexity index is 385. The molecule has 0 amide bonds. The number of rotatable bonds is 5. The third-order valence-electron chi connectivity index (χ3n) is 2.10. The van der Waals surface area contributed by atoms with Gasteiger partial charge in [-0.25, -0.2) is 0 Å². The van der Waals surface area contributed by atoms with Crippen LogP contribution in [0.4, 0.5) is 0 Å². The summed E-state index contributed by atoms with van der Waals surface area (Å²) in [7, 11) is 4.02. The Morgan fingerprint density at radius 3 is 2.75 bits per heavy atom. The van der Waals surface area contributed by atoms with Crippen molar-refractivity contribution in [2.75, 3.05) is 33.5 Å². The van der Waals surface area contributed by atoms with Crippen molar-refractivity contribution in [1.82, 2.24) is 4.90 Å². The lowest BCUT2D eigenvalue weighted by molar-refractivity contribution is 0.261. The molecule has 0 N–H and O–H groups in total. The summed E-state index contributed by atoms with van der Waals surface area (Å²) in [6, 6.07) is 7.72. The predicted molar refractivity (Wildman–Crippen MR) is 67.0 cm³/mol. The van der Waals surface area contributed by atoms with Crippen LogP contribution in [0.3, 0.4) is 0 Å². The molecule has 3 nitrogen and oxygen atoms in total. The van der Waals surface area contributed by atoms with Gasteiger partial charge in [-0.05, 0) is 38.6 Å². The molecule has 0 aliphatic heterocycles. The SMILES string of the molecule is CSc1cc(OCCN(C)C)ccc1C#N. The molecule has 0 aliphatic carbocycles. The molecule has 1 rings (SSSR count). The molecule has 0 aromatic heterocycles. The quantitative estimate of drug-likeness (QED) is 0.734. The van der Waals surface area contributed by atoms with Crippen molar-refractivity contribution in [3.8, 4) is 11.8 Å². The van der Waals surface area contributed by atoms with E-state index in [-0.39, 0.29) is 0 Å². The molecule has 4 heteroatoms. The minimum absolute atomic E-state index is 0.659. The van der Waals surface area contributed by atoms with E-state index < -0.39 is 0 Å². The van der Waals surface area contributed by atoms with E-state index in [0.29, 0.717) is 12.2 Å². The zero-order valence-electron chi connectivity index (χ0n) is 9.86. The molecule has 1 aromatic rings. The Morgan fingerprint density at radius 1 is 1.44 bits per heavy atom. The minimum atomic E-state index is 0.659. The summed E-state index contributed by atoms with van der Waals surface area (Å²) in [5, 5.41) is 8.88. The Labute approximate surface area is 101 Å². The highest BCUT2D eigenvalue weighted by atomic mass is 32.2. The molecule has 0 aliphatic rings. The van der Waals surface area contributed by atoms with Crippen molar-refractivity contribution < 1.29 is 4.74 Å². The lowest BCUT2D eigenvalue weighted by atomic mass is 10.2. The second kappa shape index (κ2) is 6.41. The van der Waals surface area contributed by atoms with Gasteiger partial charge < -0.3 is 9.64 Å². The van der Waals surface area contributed by atoms with E-state index in [1.165, 1.54) is 0 Å². The van der Waals surface area contributed by atoms with E-state index in [1.54, 1.807) is 17.8 Å². The highest BCUT2D eigenvalue weighted by molar-refractivity contribution is 7.98. The fourth-order valence-electron chi connectivity index (χ4n) is 1.20. The van der Waals surface area contributed by atoms with Crippen LogP contribution in [0.25, 0.3) is 0 Å². The molecule has 0 fully saturated rings. The average molecular weight is 236 g/mol. The van der Waals surface area contributed by atoms with Gasteiger partial charge in [0.1, 0.15) is 18.4 Å². The lowest BCUT2D eigenvalue weighted by Gasteiger charge is -2.11. The standard InChI is InChI=1S/C12H16N2OS/c1-14(2)6-7-15-11-5-4-10(9-13)12(8-11)16-3/h4-5,8H,6-7H2,1-3H3.